The van der Waals surface area contributed by atoms with Crippen molar-refractivity contribution in [3.05, 3.63) is 51.9 Å². The second-order valence-corrected chi connectivity index (χ2v) is 12.2. The number of nitrogens with one attached hydrogen (secondary N) is 2. The number of fused-ring (bicyclic) bond motifs is 1. The van der Waals surface area contributed by atoms with E-state index in [0.29, 0.717) is 5.57 Å². The fraction of sp³-hybridized carbons (Fsp3) is 0.375. The molecule has 1 aliphatic rings. The van der Waals surface area contributed by atoms with E-state index in [1.807, 2.05) is 19.1 Å². The second-order valence-electron chi connectivity index (χ2n) is 8.59. The first-order valence-electron chi connectivity index (χ1n) is 9.76. The summed E-state index contributed by atoms with van der Waals surface area (Å²) in [6.45, 7) is 15.0. The molecule has 2 aromatic rings. The van der Waals surface area contributed by atoms with Crippen LogP contribution in [0.1, 0.15) is 49.3 Å². The van der Waals surface area contributed by atoms with Crippen LogP contribution in [-0.4, -0.2) is 30.3 Å². The van der Waals surface area contributed by atoms with E-state index in [-0.39, 0.29) is 11.6 Å². The Morgan fingerprint density at radius 1 is 1.30 bits per heavy atom. The average Bonchev–Trinajstić information content (AvgIpc) is 2.93. The number of thiophene rings is 1. The molecule has 0 unspecified atom stereocenters. The molecule has 0 saturated carbocycles. The molecule has 1 aromatic carbocycles. The zero-order chi connectivity index (χ0) is 22.5. The number of amidine groups is 1. The molecule has 4 nitrogen and oxygen atoms in total. The molecular formula is C24H28N2O2S2. The van der Waals surface area contributed by atoms with Crippen molar-refractivity contribution in [1.29, 1.82) is 5.41 Å². The van der Waals surface area contributed by atoms with E-state index in [9.17, 15) is 8.42 Å². The van der Waals surface area contributed by atoms with Crippen LogP contribution in [0.15, 0.2) is 30.4 Å². The smallest absolute Gasteiger partial charge is 0.165 e. The predicted molar refractivity (Wildman–Crippen MR) is 129 cm³/mol. The lowest BCUT2D eigenvalue weighted by atomic mass is 9.92. The molecule has 2 N–H and O–H groups in total. The van der Waals surface area contributed by atoms with Crippen molar-refractivity contribution in [1.82, 2.24) is 5.32 Å². The van der Waals surface area contributed by atoms with Gasteiger partial charge >= 0.3 is 0 Å². The number of rotatable bonds is 3. The van der Waals surface area contributed by atoms with Gasteiger partial charge in [-0.05, 0) is 81.8 Å². The summed E-state index contributed by atoms with van der Waals surface area (Å²) in [7, 11) is -3.48. The Morgan fingerprint density at radius 3 is 2.57 bits per heavy atom. The summed E-state index contributed by atoms with van der Waals surface area (Å²) in [5, 5.41) is 12.5. The van der Waals surface area contributed by atoms with Gasteiger partial charge in [-0.1, -0.05) is 18.6 Å². The maximum atomic E-state index is 12.7. The number of aryl methyl sites for hydroxylation is 2. The van der Waals surface area contributed by atoms with E-state index < -0.39 is 20.1 Å². The average molecular weight is 441 g/mol. The highest BCUT2D eigenvalue weighted by molar-refractivity contribution is 7.93. The van der Waals surface area contributed by atoms with Crippen molar-refractivity contribution in [3.63, 3.8) is 0 Å². The van der Waals surface area contributed by atoms with E-state index in [1.165, 1.54) is 15.6 Å². The molecule has 0 spiro atoms. The van der Waals surface area contributed by atoms with Gasteiger partial charge in [-0.3, -0.25) is 5.41 Å². The van der Waals surface area contributed by atoms with Crippen molar-refractivity contribution in [2.45, 2.75) is 51.8 Å². The third kappa shape index (κ3) is 3.61. The van der Waals surface area contributed by atoms with Crippen molar-refractivity contribution in [2.75, 3.05) is 5.75 Å². The zero-order valence-corrected chi connectivity index (χ0v) is 20.0. The van der Waals surface area contributed by atoms with E-state index in [0.717, 1.165) is 16.0 Å². The Labute approximate surface area is 183 Å². The summed E-state index contributed by atoms with van der Waals surface area (Å²) >= 11 is 1.70. The molecule has 3 rings (SSSR count). The van der Waals surface area contributed by atoms with Crippen LogP contribution >= 0.6 is 11.3 Å². The molecule has 0 amide bonds. The maximum Gasteiger partial charge on any atom is 0.165 e. The third-order valence-electron chi connectivity index (χ3n) is 5.98. The highest BCUT2D eigenvalue weighted by Gasteiger charge is 2.50. The molecule has 1 fully saturated rings. The summed E-state index contributed by atoms with van der Waals surface area (Å²) < 4.78 is 25.5. The van der Waals surface area contributed by atoms with Gasteiger partial charge in [0.15, 0.2) is 9.84 Å². The lowest BCUT2D eigenvalue weighted by molar-refractivity contribution is 0.488. The first-order valence-corrected chi connectivity index (χ1v) is 12.2. The number of hydrogen-bond acceptors (Lipinski definition) is 4. The SMILES string of the molecule is C=C(/C=C\c1sc2cc(C)c(C#CC)cc2c1C)[C@]1(C)CS(=O)(=O)C(C)(C)C(=N)N1. The Bertz CT molecular complexity index is 1270. The van der Waals surface area contributed by atoms with Crippen LogP contribution in [0.5, 0.6) is 0 Å². The molecule has 158 valence electrons. The number of hydrogen-bond donors (Lipinski definition) is 2. The monoisotopic (exact) mass is 440 g/mol. The van der Waals surface area contributed by atoms with Crippen LogP contribution in [0.3, 0.4) is 0 Å². The molecular weight excluding hydrogens is 412 g/mol. The van der Waals surface area contributed by atoms with Crippen LogP contribution in [0, 0.1) is 31.1 Å². The van der Waals surface area contributed by atoms with Gasteiger partial charge in [0.2, 0.25) is 0 Å². The Hall–Kier alpha value is -2.36. The number of sulfone groups is 1. The fourth-order valence-corrected chi connectivity index (χ4v) is 6.46. The van der Waals surface area contributed by atoms with Crippen LogP contribution in [0.4, 0.5) is 0 Å². The fourth-order valence-electron chi connectivity index (χ4n) is 3.53. The molecule has 1 atom stereocenters. The first-order chi connectivity index (χ1) is 13.8. The van der Waals surface area contributed by atoms with Gasteiger partial charge in [0.05, 0.1) is 11.3 Å². The molecule has 1 aromatic heterocycles. The Kier molecular flexibility index (Phi) is 5.51. The normalized spacial score (nSPS) is 22.5. The molecule has 1 saturated heterocycles. The molecule has 30 heavy (non-hydrogen) atoms. The van der Waals surface area contributed by atoms with Gasteiger partial charge in [0, 0.05) is 15.1 Å². The summed E-state index contributed by atoms with van der Waals surface area (Å²) in [6, 6.07) is 4.30. The van der Waals surface area contributed by atoms with Crippen molar-refractivity contribution >= 4 is 43.2 Å². The Balaban J connectivity index is 1.94. The molecule has 0 radical (unpaired) electrons. The number of benzene rings is 1. The second kappa shape index (κ2) is 7.40. The van der Waals surface area contributed by atoms with Gasteiger partial charge in [-0.2, -0.15) is 0 Å². The summed E-state index contributed by atoms with van der Waals surface area (Å²) in [5.41, 5.74) is 3.09. The summed E-state index contributed by atoms with van der Waals surface area (Å²) in [5.74, 6) is 6.03. The minimum atomic E-state index is -3.48. The summed E-state index contributed by atoms with van der Waals surface area (Å²) in [4.78, 5) is 1.10. The lowest BCUT2D eigenvalue weighted by Gasteiger charge is -2.43. The quantitative estimate of drug-likeness (QED) is 0.522. The molecule has 2 heterocycles. The minimum absolute atomic E-state index is 0.00359. The van der Waals surface area contributed by atoms with E-state index >= 15 is 0 Å². The Morgan fingerprint density at radius 2 is 1.97 bits per heavy atom. The molecule has 1 aliphatic heterocycles. The van der Waals surface area contributed by atoms with Gasteiger partial charge < -0.3 is 5.32 Å². The van der Waals surface area contributed by atoms with Gasteiger partial charge in [-0.15, -0.1) is 17.3 Å². The third-order valence-corrected chi connectivity index (χ3v) is 9.92. The van der Waals surface area contributed by atoms with Gasteiger partial charge in [0.1, 0.15) is 10.6 Å². The van der Waals surface area contributed by atoms with E-state index in [2.05, 4.69) is 49.7 Å². The summed E-state index contributed by atoms with van der Waals surface area (Å²) in [6.07, 6.45) is 3.86. The molecule has 6 heteroatoms. The topological polar surface area (TPSA) is 70.0 Å². The van der Waals surface area contributed by atoms with Crippen LogP contribution < -0.4 is 5.32 Å². The van der Waals surface area contributed by atoms with Crippen LogP contribution in [0.25, 0.3) is 16.2 Å². The van der Waals surface area contributed by atoms with Crippen LogP contribution in [-0.2, 0) is 9.84 Å². The predicted octanol–water partition coefficient (Wildman–Crippen LogP) is 4.99. The van der Waals surface area contributed by atoms with Crippen molar-refractivity contribution < 1.29 is 8.42 Å². The maximum absolute atomic E-state index is 12.7. The van der Waals surface area contributed by atoms with E-state index in [1.54, 1.807) is 32.1 Å². The highest BCUT2D eigenvalue weighted by Crippen LogP contribution is 2.35. The first kappa shape index (κ1) is 22.3. The highest BCUT2D eigenvalue weighted by atomic mass is 32.2. The van der Waals surface area contributed by atoms with E-state index in [4.69, 9.17) is 5.41 Å². The standard InChI is InChI=1S/C24H28N2O2S2/c1-8-9-18-13-19-17(4)20(29-21(19)12-15(18)2)11-10-16(3)24(7)14-30(27,28)23(5,6)22(25)26-24/h10-13H,3,14H2,1-2,4-7H3,(H2,25,26)/b11-10-/t24-/m0/s1. The van der Waals surface area contributed by atoms with Gasteiger partial charge in [0.25, 0.3) is 0 Å². The van der Waals surface area contributed by atoms with Gasteiger partial charge in [-0.25, -0.2) is 8.42 Å². The minimum Gasteiger partial charge on any atom is -0.362 e. The largest absolute Gasteiger partial charge is 0.362 e. The van der Waals surface area contributed by atoms with Crippen molar-refractivity contribution in [3.8, 4) is 11.8 Å². The lowest BCUT2D eigenvalue weighted by Crippen LogP contribution is -2.65. The molecule has 0 bridgehead atoms. The van der Waals surface area contributed by atoms with Crippen LogP contribution in [0.2, 0.25) is 0 Å². The zero-order valence-electron chi connectivity index (χ0n) is 18.4. The molecule has 0 aliphatic carbocycles. The van der Waals surface area contributed by atoms with Crippen molar-refractivity contribution in [2.24, 2.45) is 0 Å².